The first kappa shape index (κ1) is 16.7. The van der Waals surface area contributed by atoms with E-state index in [1.165, 1.54) is 5.56 Å². The van der Waals surface area contributed by atoms with Crippen molar-refractivity contribution in [3.8, 4) is 0 Å². The molecular weight excluding hydrogens is 288 g/mol. The van der Waals surface area contributed by atoms with Crippen molar-refractivity contribution in [2.45, 2.75) is 33.1 Å². The molecule has 23 heavy (non-hydrogen) atoms. The molecule has 0 saturated heterocycles. The molecule has 2 N–H and O–H groups in total. The van der Waals surface area contributed by atoms with Crippen molar-refractivity contribution in [2.75, 3.05) is 10.6 Å². The van der Waals surface area contributed by atoms with Gasteiger partial charge in [0.05, 0.1) is 0 Å². The van der Waals surface area contributed by atoms with Gasteiger partial charge in [0.2, 0.25) is 5.91 Å². The number of benzene rings is 2. The predicted octanol–water partition coefficient (Wildman–Crippen LogP) is 4.24. The van der Waals surface area contributed by atoms with E-state index in [-0.39, 0.29) is 11.8 Å². The minimum Gasteiger partial charge on any atom is -0.326 e. The molecule has 0 aliphatic carbocycles. The number of anilines is 2. The third-order valence-corrected chi connectivity index (χ3v) is 3.48. The van der Waals surface area contributed by atoms with Crippen LogP contribution in [0.1, 0.15) is 42.6 Å². The van der Waals surface area contributed by atoms with E-state index in [0.717, 1.165) is 18.5 Å². The Balaban J connectivity index is 2.05. The highest BCUT2D eigenvalue weighted by Crippen LogP contribution is 2.15. The van der Waals surface area contributed by atoms with E-state index < -0.39 is 0 Å². The molecule has 0 unspecified atom stereocenters. The Kier molecular flexibility index (Phi) is 5.92. The van der Waals surface area contributed by atoms with Gasteiger partial charge >= 0.3 is 0 Å². The second-order valence-electron chi connectivity index (χ2n) is 5.38. The first-order valence-electron chi connectivity index (χ1n) is 7.92. The van der Waals surface area contributed by atoms with Crippen LogP contribution < -0.4 is 10.6 Å². The highest BCUT2D eigenvalue weighted by molar-refractivity contribution is 6.05. The number of amides is 2. The molecule has 0 aromatic heterocycles. The largest absolute Gasteiger partial charge is 0.326 e. The van der Waals surface area contributed by atoms with Crippen LogP contribution in [0.4, 0.5) is 11.4 Å². The van der Waals surface area contributed by atoms with E-state index in [4.69, 9.17) is 0 Å². The number of hydrogen-bond acceptors (Lipinski definition) is 2. The second kappa shape index (κ2) is 8.13. The molecular formula is C19H22N2O2. The smallest absolute Gasteiger partial charge is 0.255 e. The number of carbonyl (C=O) groups is 2. The fraction of sp³-hybridized carbons (Fsp3) is 0.263. The van der Waals surface area contributed by atoms with Crippen molar-refractivity contribution < 1.29 is 9.59 Å². The number of carbonyl (C=O) groups excluding carboxylic acids is 2. The summed E-state index contributed by atoms with van der Waals surface area (Å²) in [5.41, 5.74) is 3.16. The zero-order chi connectivity index (χ0) is 16.7. The topological polar surface area (TPSA) is 58.2 Å². The normalized spacial score (nSPS) is 10.2. The lowest BCUT2D eigenvalue weighted by atomic mass is 10.1. The molecule has 0 aliphatic rings. The van der Waals surface area contributed by atoms with Crippen LogP contribution in [0.2, 0.25) is 0 Å². The molecule has 0 fully saturated rings. The molecule has 2 aromatic carbocycles. The van der Waals surface area contributed by atoms with Crippen molar-refractivity contribution in [1.82, 2.24) is 0 Å². The van der Waals surface area contributed by atoms with Crippen LogP contribution in [-0.4, -0.2) is 11.8 Å². The van der Waals surface area contributed by atoms with Gasteiger partial charge in [0.1, 0.15) is 0 Å². The van der Waals surface area contributed by atoms with Crippen molar-refractivity contribution in [2.24, 2.45) is 0 Å². The minimum atomic E-state index is -0.194. The fourth-order valence-electron chi connectivity index (χ4n) is 2.23. The highest BCUT2D eigenvalue weighted by Gasteiger charge is 2.08. The van der Waals surface area contributed by atoms with Crippen LogP contribution in [0.3, 0.4) is 0 Å². The SMILES string of the molecule is CCCc1ccc(NC(=O)c2cccc(NC(=O)CC)c2)cc1. The third kappa shape index (κ3) is 4.95. The molecule has 0 aliphatic heterocycles. The molecule has 0 saturated carbocycles. The first-order chi connectivity index (χ1) is 11.1. The Morgan fingerprint density at radius 1 is 0.913 bits per heavy atom. The summed E-state index contributed by atoms with van der Waals surface area (Å²) in [4.78, 5) is 23.7. The van der Waals surface area contributed by atoms with E-state index in [2.05, 4.69) is 17.6 Å². The second-order valence-corrected chi connectivity index (χ2v) is 5.38. The van der Waals surface area contributed by atoms with Gasteiger partial charge in [-0.15, -0.1) is 0 Å². The van der Waals surface area contributed by atoms with Crippen LogP contribution in [0.5, 0.6) is 0 Å². The zero-order valence-corrected chi connectivity index (χ0v) is 13.6. The third-order valence-electron chi connectivity index (χ3n) is 3.48. The highest BCUT2D eigenvalue weighted by atomic mass is 16.2. The van der Waals surface area contributed by atoms with Crippen LogP contribution in [-0.2, 0) is 11.2 Å². The maximum absolute atomic E-state index is 12.3. The predicted molar refractivity (Wildman–Crippen MR) is 93.8 cm³/mol. The molecule has 4 heteroatoms. The Morgan fingerprint density at radius 2 is 1.65 bits per heavy atom. The average Bonchev–Trinajstić information content (AvgIpc) is 2.57. The monoisotopic (exact) mass is 310 g/mol. The average molecular weight is 310 g/mol. The van der Waals surface area contributed by atoms with Gasteiger partial charge in [0.25, 0.3) is 5.91 Å². The first-order valence-corrected chi connectivity index (χ1v) is 7.92. The van der Waals surface area contributed by atoms with Crippen molar-refractivity contribution in [1.29, 1.82) is 0 Å². The molecule has 2 amide bonds. The molecule has 0 heterocycles. The van der Waals surface area contributed by atoms with Gasteiger partial charge < -0.3 is 10.6 Å². The van der Waals surface area contributed by atoms with E-state index in [1.807, 2.05) is 24.3 Å². The van der Waals surface area contributed by atoms with Gasteiger partial charge in [-0.3, -0.25) is 9.59 Å². The van der Waals surface area contributed by atoms with Gasteiger partial charge in [-0.1, -0.05) is 38.5 Å². The molecule has 2 rings (SSSR count). The van der Waals surface area contributed by atoms with Crippen molar-refractivity contribution >= 4 is 23.2 Å². The van der Waals surface area contributed by atoms with Crippen LogP contribution >= 0.6 is 0 Å². The summed E-state index contributed by atoms with van der Waals surface area (Å²) in [6.07, 6.45) is 2.54. The number of hydrogen-bond donors (Lipinski definition) is 2. The maximum Gasteiger partial charge on any atom is 0.255 e. The molecule has 120 valence electrons. The fourth-order valence-corrected chi connectivity index (χ4v) is 2.23. The number of rotatable bonds is 6. The van der Waals surface area contributed by atoms with E-state index in [0.29, 0.717) is 17.7 Å². The van der Waals surface area contributed by atoms with Gasteiger partial charge in [-0.2, -0.15) is 0 Å². The molecule has 0 spiro atoms. The van der Waals surface area contributed by atoms with Gasteiger partial charge in [0, 0.05) is 23.4 Å². The van der Waals surface area contributed by atoms with E-state index in [1.54, 1.807) is 31.2 Å². The summed E-state index contributed by atoms with van der Waals surface area (Å²) in [7, 11) is 0. The Hall–Kier alpha value is -2.62. The van der Waals surface area contributed by atoms with Gasteiger partial charge in [-0.05, 0) is 42.3 Å². The minimum absolute atomic E-state index is 0.0749. The lowest BCUT2D eigenvalue weighted by Gasteiger charge is -2.08. The number of aryl methyl sites for hydroxylation is 1. The zero-order valence-electron chi connectivity index (χ0n) is 13.6. The molecule has 0 atom stereocenters. The molecule has 4 nitrogen and oxygen atoms in total. The molecule has 0 radical (unpaired) electrons. The Labute approximate surface area is 136 Å². The summed E-state index contributed by atoms with van der Waals surface area (Å²) >= 11 is 0. The lowest BCUT2D eigenvalue weighted by molar-refractivity contribution is -0.115. The quantitative estimate of drug-likeness (QED) is 0.838. The molecule has 2 aromatic rings. The van der Waals surface area contributed by atoms with Crippen molar-refractivity contribution in [3.63, 3.8) is 0 Å². The van der Waals surface area contributed by atoms with Crippen LogP contribution in [0, 0.1) is 0 Å². The summed E-state index contributed by atoms with van der Waals surface area (Å²) in [6.45, 7) is 3.92. The summed E-state index contributed by atoms with van der Waals surface area (Å²) < 4.78 is 0. The Bertz CT molecular complexity index is 678. The van der Waals surface area contributed by atoms with Crippen LogP contribution in [0.15, 0.2) is 48.5 Å². The summed E-state index contributed by atoms with van der Waals surface area (Å²) in [5.74, 6) is -0.269. The van der Waals surface area contributed by atoms with Gasteiger partial charge in [-0.25, -0.2) is 0 Å². The number of nitrogens with one attached hydrogen (secondary N) is 2. The summed E-state index contributed by atoms with van der Waals surface area (Å²) in [5, 5.41) is 5.62. The standard InChI is InChI=1S/C19H22N2O2/c1-3-6-14-9-11-16(12-10-14)21-19(23)15-7-5-8-17(13-15)20-18(22)4-2/h5,7-13H,3-4,6H2,1-2H3,(H,20,22)(H,21,23). The van der Waals surface area contributed by atoms with Crippen LogP contribution in [0.25, 0.3) is 0 Å². The van der Waals surface area contributed by atoms with E-state index >= 15 is 0 Å². The lowest BCUT2D eigenvalue weighted by Crippen LogP contribution is -2.13. The van der Waals surface area contributed by atoms with Crippen molar-refractivity contribution in [3.05, 3.63) is 59.7 Å². The van der Waals surface area contributed by atoms with Gasteiger partial charge in [0.15, 0.2) is 0 Å². The van der Waals surface area contributed by atoms with E-state index in [9.17, 15) is 9.59 Å². The summed E-state index contributed by atoms with van der Waals surface area (Å²) in [6, 6.07) is 14.8. The Morgan fingerprint density at radius 3 is 2.30 bits per heavy atom. The molecule has 0 bridgehead atoms. The maximum atomic E-state index is 12.3.